The maximum absolute atomic E-state index is 10.8. The SMILES string of the molecule is CC1CC(C(=O)O)CCN1CCOCCO. The van der Waals surface area contributed by atoms with Crippen LogP contribution in [0.4, 0.5) is 0 Å². The van der Waals surface area contributed by atoms with Crippen molar-refractivity contribution in [1.29, 1.82) is 0 Å². The number of likely N-dealkylation sites (tertiary alicyclic amines) is 1. The summed E-state index contributed by atoms with van der Waals surface area (Å²) in [5.74, 6) is -0.868. The number of hydrogen-bond donors (Lipinski definition) is 2. The van der Waals surface area contributed by atoms with Gasteiger partial charge in [-0.3, -0.25) is 9.69 Å². The van der Waals surface area contributed by atoms with Crippen LogP contribution in [-0.2, 0) is 9.53 Å². The monoisotopic (exact) mass is 231 g/mol. The van der Waals surface area contributed by atoms with Crippen LogP contribution in [0.5, 0.6) is 0 Å². The highest BCUT2D eigenvalue weighted by Gasteiger charge is 2.29. The molecular formula is C11H21NO4. The first-order valence-electron chi connectivity index (χ1n) is 5.80. The number of hydrogen-bond acceptors (Lipinski definition) is 4. The second-order valence-electron chi connectivity index (χ2n) is 4.28. The van der Waals surface area contributed by atoms with Crippen LogP contribution in [0.2, 0.25) is 0 Å². The molecule has 0 aromatic heterocycles. The lowest BCUT2D eigenvalue weighted by atomic mass is 9.92. The summed E-state index contributed by atoms with van der Waals surface area (Å²) < 4.78 is 5.20. The Morgan fingerprint density at radius 1 is 1.50 bits per heavy atom. The first-order valence-corrected chi connectivity index (χ1v) is 5.80. The second-order valence-corrected chi connectivity index (χ2v) is 4.28. The van der Waals surface area contributed by atoms with Gasteiger partial charge in [-0.1, -0.05) is 0 Å². The van der Waals surface area contributed by atoms with E-state index in [1.807, 2.05) is 0 Å². The highest BCUT2D eigenvalue weighted by Crippen LogP contribution is 2.22. The van der Waals surface area contributed by atoms with Crippen LogP contribution in [0.25, 0.3) is 0 Å². The van der Waals surface area contributed by atoms with Gasteiger partial charge in [0.05, 0.1) is 25.7 Å². The average Bonchev–Trinajstić information content (AvgIpc) is 2.26. The molecule has 5 nitrogen and oxygen atoms in total. The van der Waals surface area contributed by atoms with Gasteiger partial charge in [0.15, 0.2) is 0 Å². The minimum absolute atomic E-state index is 0.0522. The van der Waals surface area contributed by atoms with E-state index in [2.05, 4.69) is 11.8 Å². The molecule has 1 fully saturated rings. The van der Waals surface area contributed by atoms with E-state index in [1.165, 1.54) is 0 Å². The van der Waals surface area contributed by atoms with E-state index in [-0.39, 0.29) is 12.5 Å². The molecule has 5 heteroatoms. The van der Waals surface area contributed by atoms with Gasteiger partial charge in [-0.2, -0.15) is 0 Å². The van der Waals surface area contributed by atoms with Gasteiger partial charge in [-0.15, -0.1) is 0 Å². The Balaban J connectivity index is 2.22. The van der Waals surface area contributed by atoms with Crippen LogP contribution in [0, 0.1) is 5.92 Å². The summed E-state index contributed by atoms with van der Waals surface area (Å²) in [5.41, 5.74) is 0. The number of aliphatic hydroxyl groups excluding tert-OH is 1. The Morgan fingerprint density at radius 3 is 2.81 bits per heavy atom. The fraction of sp³-hybridized carbons (Fsp3) is 0.909. The van der Waals surface area contributed by atoms with E-state index < -0.39 is 5.97 Å². The molecular weight excluding hydrogens is 210 g/mol. The lowest BCUT2D eigenvalue weighted by Crippen LogP contribution is -2.44. The van der Waals surface area contributed by atoms with Crippen molar-refractivity contribution in [2.24, 2.45) is 5.92 Å². The molecule has 1 aliphatic rings. The number of rotatable bonds is 6. The van der Waals surface area contributed by atoms with Gasteiger partial charge in [-0.05, 0) is 26.3 Å². The topological polar surface area (TPSA) is 70.0 Å². The Labute approximate surface area is 96.0 Å². The zero-order valence-corrected chi connectivity index (χ0v) is 9.76. The number of carboxylic acids is 1. The van der Waals surface area contributed by atoms with Gasteiger partial charge in [0.25, 0.3) is 0 Å². The average molecular weight is 231 g/mol. The number of carboxylic acid groups (broad SMARTS) is 1. The molecule has 2 atom stereocenters. The van der Waals surface area contributed by atoms with Gasteiger partial charge in [0.2, 0.25) is 0 Å². The fourth-order valence-corrected chi connectivity index (χ4v) is 2.13. The van der Waals surface area contributed by atoms with Crippen molar-refractivity contribution < 1.29 is 19.7 Å². The summed E-state index contributed by atoms with van der Waals surface area (Å²) in [6, 6.07) is 0.299. The van der Waals surface area contributed by atoms with Crippen LogP contribution in [0.1, 0.15) is 19.8 Å². The number of aliphatic hydroxyl groups is 1. The molecule has 0 aliphatic carbocycles. The van der Waals surface area contributed by atoms with Crippen molar-refractivity contribution in [1.82, 2.24) is 4.90 Å². The van der Waals surface area contributed by atoms with Crippen LogP contribution < -0.4 is 0 Å². The van der Waals surface area contributed by atoms with Gasteiger partial charge in [0, 0.05) is 12.6 Å². The zero-order valence-electron chi connectivity index (χ0n) is 9.76. The molecule has 0 aromatic carbocycles. The molecule has 0 saturated carbocycles. The minimum Gasteiger partial charge on any atom is -0.481 e. The Hall–Kier alpha value is -0.650. The van der Waals surface area contributed by atoms with Gasteiger partial charge < -0.3 is 14.9 Å². The van der Waals surface area contributed by atoms with Gasteiger partial charge in [0.1, 0.15) is 0 Å². The molecule has 0 bridgehead atoms. The standard InChI is InChI=1S/C11H21NO4/c1-9-8-10(11(14)15)2-3-12(9)4-6-16-7-5-13/h9-10,13H,2-8H2,1H3,(H,14,15). The Morgan fingerprint density at radius 2 is 2.25 bits per heavy atom. The Bertz CT molecular complexity index is 222. The maximum Gasteiger partial charge on any atom is 0.306 e. The molecule has 2 unspecified atom stereocenters. The van der Waals surface area contributed by atoms with Crippen LogP contribution in [0.15, 0.2) is 0 Å². The molecule has 1 heterocycles. The van der Waals surface area contributed by atoms with Crippen LogP contribution >= 0.6 is 0 Å². The molecule has 2 N–H and O–H groups in total. The van der Waals surface area contributed by atoms with Crippen molar-refractivity contribution >= 4 is 5.97 Å². The number of ether oxygens (including phenoxy) is 1. The van der Waals surface area contributed by atoms with Crippen molar-refractivity contribution in [2.75, 3.05) is 32.9 Å². The van der Waals surface area contributed by atoms with E-state index in [1.54, 1.807) is 0 Å². The zero-order chi connectivity index (χ0) is 12.0. The quantitative estimate of drug-likeness (QED) is 0.638. The third-order valence-corrected chi connectivity index (χ3v) is 3.12. The fourth-order valence-electron chi connectivity index (χ4n) is 2.13. The first kappa shape index (κ1) is 13.4. The second kappa shape index (κ2) is 6.83. The van der Waals surface area contributed by atoms with Crippen molar-refractivity contribution in [3.8, 4) is 0 Å². The third-order valence-electron chi connectivity index (χ3n) is 3.12. The molecule has 0 amide bonds. The highest BCUT2D eigenvalue weighted by molar-refractivity contribution is 5.70. The van der Waals surface area contributed by atoms with Gasteiger partial charge >= 0.3 is 5.97 Å². The lowest BCUT2D eigenvalue weighted by molar-refractivity contribution is -0.144. The Kier molecular flexibility index (Phi) is 5.73. The van der Waals surface area contributed by atoms with Gasteiger partial charge in [-0.25, -0.2) is 0 Å². The number of nitrogens with zero attached hydrogens (tertiary/aromatic N) is 1. The maximum atomic E-state index is 10.8. The van der Waals surface area contributed by atoms with Crippen LogP contribution in [-0.4, -0.2) is 60.0 Å². The van der Waals surface area contributed by atoms with Crippen molar-refractivity contribution in [2.45, 2.75) is 25.8 Å². The molecule has 0 spiro atoms. The lowest BCUT2D eigenvalue weighted by Gasteiger charge is -2.36. The third kappa shape index (κ3) is 4.08. The molecule has 16 heavy (non-hydrogen) atoms. The minimum atomic E-state index is -0.678. The van der Waals surface area contributed by atoms with Crippen LogP contribution in [0.3, 0.4) is 0 Å². The molecule has 1 rings (SSSR count). The van der Waals surface area contributed by atoms with E-state index in [9.17, 15) is 4.79 Å². The molecule has 1 saturated heterocycles. The highest BCUT2D eigenvalue weighted by atomic mass is 16.5. The normalized spacial score (nSPS) is 26.9. The molecule has 94 valence electrons. The predicted octanol–water partition coefficient (Wildman–Crippen LogP) is 0.180. The predicted molar refractivity (Wildman–Crippen MR) is 59.3 cm³/mol. The summed E-state index contributed by atoms with van der Waals surface area (Å²) in [6.45, 7) is 4.72. The molecule has 1 aliphatic heterocycles. The summed E-state index contributed by atoms with van der Waals surface area (Å²) in [6.07, 6.45) is 1.44. The van der Waals surface area contributed by atoms with E-state index >= 15 is 0 Å². The summed E-state index contributed by atoms with van der Waals surface area (Å²) in [5, 5.41) is 17.5. The molecule has 0 aromatic rings. The number of carbonyl (C=O) groups is 1. The summed E-state index contributed by atoms with van der Waals surface area (Å²) in [4.78, 5) is 13.1. The van der Waals surface area contributed by atoms with Crippen molar-refractivity contribution in [3.63, 3.8) is 0 Å². The number of aliphatic carboxylic acids is 1. The summed E-state index contributed by atoms with van der Waals surface area (Å²) >= 11 is 0. The van der Waals surface area contributed by atoms with E-state index in [0.29, 0.717) is 19.3 Å². The summed E-state index contributed by atoms with van der Waals surface area (Å²) in [7, 11) is 0. The smallest absolute Gasteiger partial charge is 0.306 e. The molecule has 0 radical (unpaired) electrons. The first-order chi connectivity index (χ1) is 7.65. The largest absolute Gasteiger partial charge is 0.481 e. The number of piperidine rings is 1. The van der Waals surface area contributed by atoms with E-state index in [0.717, 1.165) is 25.9 Å². The van der Waals surface area contributed by atoms with E-state index in [4.69, 9.17) is 14.9 Å². The van der Waals surface area contributed by atoms with Crippen molar-refractivity contribution in [3.05, 3.63) is 0 Å².